The highest BCUT2D eigenvalue weighted by atomic mass is 16.5. The predicted octanol–water partition coefficient (Wildman–Crippen LogP) is 0.0207. The van der Waals surface area contributed by atoms with E-state index in [2.05, 4.69) is 4.98 Å². The molecule has 0 atom stereocenters. The number of amides is 1. The lowest BCUT2D eigenvalue weighted by Gasteiger charge is -2.03. The third-order valence-corrected chi connectivity index (χ3v) is 1.90. The fourth-order valence-electron chi connectivity index (χ4n) is 1.13. The van der Waals surface area contributed by atoms with Crippen molar-refractivity contribution in [3.8, 4) is 0 Å². The van der Waals surface area contributed by atoms with Crippen LogP contribution in [-0.4, -0.2) is 24.1 Å². The van der Waals surface area contributed by atoms with Gasteiger partial charge in [-0.2, -0.15) is 0 Å². The van der Waals surface area contributed by atoms with Gasteiger partial charge in [0.2, 0.25) is 0 Å². The summed E-state index contributed by atoms with van der Waals surface area (Å²) in [6.45, 7) is 0.572. The van der Waals surface area contributed by atoms with Crippen molar-refractivity contribution in [1.82, 2.24) is 10.4 Å². The first-order valence-electron chi connectivity index (χ1n) is 4.79. The average molecular weight is 209 g/mol. The van der Waals surface area contributed by atoms with Gasteiger partial charge in [-0.1, -0.05) is 0 Å². The molecule has 1 amide bonds. The number of hydrogen-bond donors (Lipinski definition) is 2. The molecule has 0 aromatic carbocycles. The Hall–Kier alpha value is -1.46. The molecule has 1 heterocycles. The molecule has 0 unspecified atom stereocenters. The number of carbonyl (C=O) groups excluding carboxylic acids is 1. The molecule has 1 rings (SSSR count). The zero-order chi connectivity index (χ0) is 10.9. The van der Waals surface area contributed by atoms with Gasteiger partial charge >= 0.3 is 0 Å². The number of hydrazine groups is 1. The summed E-state index contributed by atoms with van der Waals surface area (Å²) in [5.41, 5.74) is 3.22. The Bertz CT molecular complexity index is 290. The number of aromatic nitrogens is 1. The summed E-state index contributed by atoms with van der Waals surface area (Å²) in [7, 11) is 0. The van der Waals surface area contributed by atoms with Crippen LogP contribution in [0.15, 0.2) is 24.5 Å². The predicted molar refractivity (Wildman–Crippen MR) is 55.7 cm³/mol. The van der Waals surface area contributed by atoms with E-state index in [1.54, 1.807) is 12.4 Å². The van der Waals surface area contributed by atoms with Crippen LogP contribution in [-0.2, 0) is 16.0 Å². The number of nitrogens with two attached hydrogens (primary N) is 1. The second-order valence-electron chi connectivity index (χ2n) is 3.08. The van der Waals surface area contributed by atoms with Crippen LogP contribution in [0, 0.1) is 0 Å². The summed E-state index contributed by atoms with van der Waals surface area (Å²) in [5.74, 6) is 4.58. The van der Waals surface area contributed by atoms with Crippen LogP contribution in [0.25, 0.3) is 0 Å². The van der Waals surface area contributed by atoms with Crippen molar-refractivity contribution in [3.63, 3.8) is 0 Å². The minimum Gasteiger partial charge on any atom is -0.372 e. The van der Waals surface area contributed by atoms with Crippen molar-refractivity contribution in [2.45, 2.75) is 12.8 Å². The van der Waals surface area contributed by atoms with Gasteiger partial charge in [0.25, 0.3) is 5.91 Å². The lowest BCUT2D eigenvalue weighted by atomic mass is 10.1. The van der Waals surface area contributed by atoms with Gasteiger partial charge in [-0.05, 0) is 30.5 Å². The van der Waals surface area contributed by atoms with E-state index in [1.165, 1.54) is 5.56 Å². The number of rotatable bonds is 6. The first-order chi connectivity index (χ1) is 7.33. The van der Waals surface area contributed by atoms with E-state index in [0.29, 0.717) is 6.61 Å². The smallest absolute Gasteiger partial charge is 0.259 e. The van der Waals surface area contributed by atoms with Crippen LogP contribution >= 0.6 is 0 Å². The van der Waals surface area contributed by atoms with Crippen LogP contribution in [0.2, 0.25) is 0 Å². The van der Waals surface area contributed by atoms with Crippen molar-refractivity contribution in [2.24, 2.45) is 5.84 Å². The number of ether oxygens (including phenoxy) is 1. The van der Waals surface area contributed by atoms with Crippen LogP contribution in [0.4, 0.5) is 0 Å². The maximum Gasteiger partial charge on any atom is 0.259 e. The molecule has 0 spiro atoms. The van der Waals surface area contributed by atoms with E-state index >= 15 is 0 Å². The summed E-state index contributed by atoms with van der Waals surface area (Å²) < 4.78 is 5.10. The minimum absolute atomic E-state index is 0.0207. The zero-order valence-corrected chi connectivity index (χ0v) is 8.48. The number of aryl methyl sites for hydroxylation is 1. The van der Waals surface area contributed by atoms with Gasteiger partial charge in [0, 0.05) is 19.0 Å². The van der Waals surface area contributed by atoms with E-state index in [4.69, 9.17) is 10.6 Å². The Balaban J connectivity index is 2.05. The number of carbonyl (C=O) groups is 1. The summed E-state index contributed by atoms with van der Waals surface area (Å²) >= 11 is 0. The third-order valence-electron chi connectivity index (χ3n) is 1.90. The molecule has 82 valence electrons. The Kier molecular flexibility index (Phi) is 5.35. The summed E-state index contributed by atoms with van der Waals surface area (Å²) in [4.78, 5) is 14.6. The van der Waals surface area contributed by atoms with E-state index in [1.807, 2.05) is 17.6 Å². The number of pyridine rings is 1. The van der Waals surface area contributed by atoms with E-state index in [9.17, 15) is 4.79 Å². The van der Waals surface area contributed by atoms with Crippen molar-refractivity contribution in [3.05, 3.63) is 30.1 Å². The number of nitrogens with zero attached hydrogens (tertiary/aromatic N) is 1. The largest absolute Gasteiger partial charge is 0.372 e. The maximum absolute atomic E-state index is 10.7. The molecule has 0 radical (unpaired) electrons. The van der Waals surface area contributed by atoms with Crippen LogP contribution in [0.1, 0.15) is 12.0 Å². The topological polar surface area (TPSA) is 77.2 Å². The molecule has 0 saturated heterocycles. The molecule has 5 nitrogen and oxygen atoms in total. The fourth-order valence-corrected chi connectivity index (χ4v) is 1.13. The quantitative estimate of drug-likeness (QED) is 0.300. The Morgan fingerprint density at radius 1 is 1.47 bits per heavy atom. The number of nitrogens with one attached hydrogen (secondary N) is 1. The van der Waals surface area contributed by atoms with Gasteiger partial charge in [0.05, 0.1) is 0 Å². The molecule has 5 heteroatoms. The lowest BCUT2D eigenvalue weighted by Crippen LogP contribution is -2.33. The second kappa shape index (κ2) is 6.92. The van der Waals surface area contributed by atoms with Crippen LogP contribution in [0.5, 0.6) is 0 Å². The van der Waals surface area contributed by atoms with Crippen molar-refractivity contribution in [1.29, 1.82) is 0 Å². The molecule has 15 heavy (non-hydrogen) atoms. The van der Waals surface area contributed by atoms with Gasteiger partial charge in [-0.3, -0.25) is 15.2 Å². The van der Waals surface area contributed by atoms with Crippen LogP contribution in [0.3, 0.4) is 0 Å². The molecule has 0 aliphatic heterocycles. The Morgan fingerprint density at radius 3 is 2.87 bits per heavy atom. The highest BCUT2D eigenvalue weighted by Crippen LogP contribution is 2.00. The fraction of sp³-hybridized carbons (Fsp3) is 0.400. The summed E-state index contributed by atoms with van der Waals surface area (Å²) in [6, 6.07) is 3.93. The molecular formula is C10H15N3O2. The standard InChI is InChI=1S/C10H15N3O2/c11-13-10(14)8-15-7-1-2-9-3-5-12-6-4-9/h3-6H,1-2,7-8,11H2,(H,13,14). The van der Waals surface area contributed by atoms with Crippen molar-refractivity contribution >= 4 is 5.91 Å². The monoisotopic (exact) mass is 209 g/mol. The zero-order valence-electron chi connectivity index (χ0n) is 8.48. The second-order valence-corrected chi connectivity index (χ2v) is 3.08. The minimum atomic E-state index is -0.307. The van der Waals surface area contributed by atoms with E-state index in [-0.39, 0.29) is 12.5 Å². The van der Waals surface area contributed by atoms with Gasteiger partial charge in [-0.25, -0.2) is 5.84 Å². The van der Waals surface area contributed by atoms with Gasteiger partial charge in [0.15, 0.2) is 0 Å². The summed E-state index contributed by atoms with van der Waals surface area (Å²) in [5, 5.41) is 0. The van der Waals surface area contributed by atoms with E-state index in [0.717, 1.165) is 12.8 Å². The average Bonchev–Trinajstić information content (AvgIpc) is 2.29. The molecule has 0 aliphatic rings. The van der Waals surface area contributed by atoms with Gasteiger partial charge in [0.1, 0.15) is 6.61 Å². The molecule has 1 aromatic heterocycles. The molecular weight excluding hydrogens is 194 g/mol. The highest BCUT2D eigenvalue weighted by Gasteiger charge is 1.97. The molecule has 0 aliphatic carbocycles. The Labute approximate surface area is 88.6 Å². The van der Waals surface area contributed by atoms with Gasteiger partial charge < -0.3 is 4.74 Å². The first-order valence-corrected chi connectivity index (χ1v) is 4.79. The van der Waals surface area contributed by atoms with Crippen molar-refractivity contribution in [2.75, 3.05) is 13.2 Å². The molecule has 0 saturated carbocycles. The van der Waals surface area contributed by atoms with Gasteiger partial charge in [-0.15, -0.1) is 0 Å². The maximum atomic E-state index is 10.7. The first kappa shape index (κ1) is 11.6. The molecule has 0 bridgehead atoms. The summed E-state index contributed by atoms with van der Waals surface area (Å²) in [6.07, 6.45) is 5.32. The van der Waals surface area contributed by atoms with E-state index < -0.39 is 0 Å². The SMILES string of the molecule is NNC(=O)COCCCc1ccncc1. The Morgan fingerprint density at radius 2 is 2.20 bits per heavy atom. The number of hydrogen-bond acceptors (Lipinski definition) is 4. The molecule has 3 N–H and O–H groups in total. The molecule has 0 fully saturated rings. The molecule has 1 aromatic rings. The third kappa shape index (κ3) is 5.09. The normalized spacial score (nSPS) is 9.93. The van der Waals surface area contributed by atoms with Crippen LogP contribution < -0.4 is 11.3 Å². The lowest BCUT2D eigenvalue weighted by molar-refractivity contribution is -0.125. The van der Waals surface area contributed by atoms with Crippen molar-refractivity contribution < 1.29 is 9.53 Å². The highest BCUT2D eigenvalue weighted by molar-refractivity contribution is 5.76.